The van der Waals surface area contributed by atoms with E-state index in [1.807, 2.05) is 12.1 Å². The summed E-state index contributed by atoms with van der Waals surface area (Å²) in [5.74, 6) is -1.11. The molecular formula is C19H18F2N4O. The van der Waals surface area contributed by atoms with Crippen molar-refractivity contribution in [2.24, 2.45) is 5.73 Å². The Kier molecular flexibility index (Phi) is 4.16. The average Bonchev–Trinajstić information content (AvgIpc) is 2.99. The number of amides is 1. The standard InChI is InChI=1S/C19H18F2N4O/c20-13-8-12(9-23-10-13)11-4-6-14(7-5-11)25-18(21)15-2-1-3-16(19(22)26)17(15)24-25/h1-7,12-13,23H,8-10H2,(H2,22,26)/t12-,13+/m1/s1. The fourth-order valence-corrected chi connectivity index (χ4v) is 3.48. The highest BCUT2D eigenvalue weighted by Crippen LogP contribution is 2.27. The molecule has 4 rings (SSSR count). The Morgan fingerprint density at radius 1 is 1.19 bits per heavy atom. The van der Waals surface area contributed by atoms with Crippen LogP contribution in [0.25, 0.3) is 16.6 Å². The van der Waals surface area contributed by atoms with E-state index in [0.29, 0.717) is 18.7 Å². The third-order valence-corrected chi connectivity index (χ3v) is 4.82. The summed E-state index contributed by atoms with van der Waals surface area (Å²) in [5.41, 5.74) is 7.28. The quantitative estimate of drug-likeness (QED) is 0.758. The summed E-state index contributed by atoms with van der Waals surface area (Å²) < 4.78 is 29.5. The van der Waals surface area contributed by atoms with E-state index < -0.39 is 18.0 Å². The Labute approximate surface area is 148 Å². The van der Waals surface area contributed by atoms with E-state index in [-0.39, 0.29) is 22.4 Å². The monoisotopic (exact) mass is 356 g/mol. The van der Waals surface area contributed by atoms with Crippen molar-refractivity contribution in [1.82, 2.24) is 15.1 Å². The maximum absolute atomic E-state index is 14.8. The van der Waals surface area contributed by atoms with Crippen LogP contribution in [0.3, 0.4) is 0 Å². The first-order valence-corrected chi connectivity index (χ1v) is 8.46. The predicted octanol–water partition coefficient (Wildman–Crippen LogP) is 2.68. The number of hydrogen-bond donors (Lipinski definition) is 2. The van der Waals surface area contributed by atoms with Gasteiger partial charge in [-0.1, -0.05) is 18.2 Å². The smallest absolute Gasteiger partial charge is 0.250 e. The Bertz CT molecular complexity index is 968. The summed E-state index contributed by atoms with van der Waals surface area (Å²) in [4.78, 5) is 11.5. The molecule has 0 spiro atoms. The molecule has 1 aromatic heterocycles. The zero-order valence-electron chi connectivity index (χ0n) is 14.0. The molecule has 3 N–H and O–H groups in total. The number of fused-ring (bicyclic) bond motifs is 1. The van der Waals surface area contributed by atoms with Crippen molar-refractivity contribution in [2.45, 2.75) is 18.5 Å². The van der Waals surface area contributed by atoms with E-state index in [1.54, 1.807) is 24.3 Å². The van der Waals surface area contributed by atoms with Gasteiger partial charge in [-0.05, 0) is 42.2 Å². The first-order valence-electron chi connectivity index (χ1n) is 8.46. The highest BCUT2D eigenvalue weighted by atomic mass is 19.1. The van der Waals surface area contributed by atoms with Gasteiger partial charge in [0.1, 0.15) is 11.7 Å². The van der Waals surface area contributed by atoms with Gasteiger partial charge in [0.15, 0.2) is 0 Å². The first-order chi connectivity index (χ1) is 12.5. The van der Waals surface area contributed by atoms with E-state index in [1.165, 1.54) is 6.07 Å². The summed E-state index contributed by atoms with van der Waals surface area (Å²) >= 11 is 0. The molecule has 134 valence electrons. The van der Waals surface area contributed by atoms with Crippen LogP contribution in [0.5, 0.6) is 0 Å². The third kappa shape index (κ3) is 2.84. The largest absolute Gasteiger partial charge is 0.366 e. The van der Waals surface area contributed by atoms with Gasteiger partial charge in [0.2, 0.25) is 5.95 Å². The lowest BCUT2D eigenvalue weighted by Gasteiger charge is -2.26. The Hall–Kier alpha value is -2.80. The number of piperidine rings is 1. The van der Waals surface area contributed by atoms with Gasteiger partial charge in [0, 0.05) is 13.1 Å². The fourth-order valence-electron chi connectivity index (χ4n) is 3.48. The van der Waals surface area contributed by atoms with Gasteiger partial charge in [-0.3, -0.25) is 4.79 Å². The lowest BCUT2D eigenvalue weighted by Crippen LogP contribution is -2.36. The van der Waals surface area contributed by atoms with Gasteiger partial charge in [0.25, 0.3) is 5.91 Å². The Morgan fingerprint density at radius 3 is 2.65 bits per heavy atom. The maximum atomic E-state index is 14.8. The van der Waals surface area contributed by atoms with E-state index in [9.17, 15) is 13.6 Å². The minimum absolute atomic E-state index is 0.0933. The zero-order chi connectivity index (χ0) is 18.3. The fraction of sp³-hybridized carbons (Fsp3) is 0.263. The number of benzene rings is 2. The second kappa shape index (κ2) is 6.49. The summed E-state index contributed by atoms with van der Waals surface area (Å²) in [6.45, 7) is 1.11. The van der Waals surface area contributed by atoms with Gasteiger partial charge < -0.3 is 11.1 Å². The van der Waals surface area contributed by atoms with Crippen molar-refractivity contribution in [1.29, 1.82) is 0 Å². The molecule has 7 heteroatoms. The van der Waals surface area contributed by atoms with Crippen molar-refractivity contribution in [3.63, 3.8) is 0 Å². The highest BCUT2D eigenvalue weighted by molar-refractivity contribution is 6.04. The van der Waals surface area contributed by atoms with E-state index >= 15 is 0 Å². The number of nitrogens with two attached hydrogens (primary N) is 1. The Morgan fingerprint density at radius 2 is 1.96 bits per heavy atom. The van der Waals surface area contributed by atoms with Crippen LogP contribution < -0.4 is 11.1 Å². The van der Waals surface area contributed by atoms with Crippen molar-refractivity contribution in [3.8, 4) is 5.69 Å². The molecule has 0 unspecified atom stereocenters. The number of nitrogens with one attached hydrogen (secondary N) is 1. The van der Waals surface area contributed by atoms with Crippen LogP contribution >= 0.6 is 0 Å². The molecule has 1 amide bonds. The van der Waals surface area contributed by atoms with E-state index in [4.69, 9.17) is 5.73 Å². The molecule has 3 aromatic rings. The van der Waals surface area contributed by atoms with Crippen molar-refractivity contribution >= 4 is 16.8 Å². The van der Waals surface area contributed by atoms with E-state index in [2.05, 4.69) is 10.4 Å². The normalized spacial score (nSPS) is 20.4. The molecule has 2 aromatic carbocycles. The molecule has 0 aliphatic carbocycles. The van der Waals surface area contributed by atoms with Crippen LogP contribution in [-0.4, -0.2) is 34.9 Å². The second-order valence-electron chi connectivity index (χ2n) is 6.55. The molecule has 5 nitrogen and oxygen atoms in total. The number of rotatable bonds is 3. The molecule has 26 heavy (non-hydrogen) atoms. The van der Waals surface area contributed by atoms with Crippen LogP contribution in [0, 0.1) is 5.95 Å². The van der Waals surface area contributed by atoms with Crippen LogP contribution in [0.1, 0.15) is 28.3 Å². The van der Waals surface area contributed by atoms with Crippen LogP contribution in [-0.2, 0) is 0 Å². The number of alkyl halides is 1. The van der Waals surface area contributed by atoms with Crippen LogP contribution in [0.2, 0.25) is 0 Å². The minimum atomic E-state index is -0.852. The lowest BCUT2D eigenvalue weighted by molar-refractivity contribution is 0.100. The van der Waals surface area contributed by atoms with Crippen molar-refractivity contribution in [2.75, 3.05) is 13.1 Å². The molecule has 1 aliphatic heterocycles. The van der Waals surface area contributed by atoms with Crippen LogP contribution in [0.15, 0.2) is 42.5 Å². The topological polar surface area (TPSA) is 72.9 Å². The molecule has 0 radical (unpaired) electrons. The zero-order valence-corrected chi connectivity index (χ0v) is 14.0. The van der Waals surface area contributed by atoms with E-state index in [0.717, 1.165) is 16.8 Å². The molecule has 1 aliphatic rings. The minimum Gasteiger partial charge on any atom is -0.366 e. The third-order valence-electron chi connectivity index (χ3n) is 4.82. The maximum Gasteiger partial charge on any atom is 0.250 e. The summed E-state index contributed by atoms with van der Waals surface area (Å²) in [7, 11) is 0. The Balaban J connectivity index is 1.70. The van der Waals surface area contributed by atoms with Crippen molar-refractivity contribution in [3.05, 3.63) is 59.5 Å². The van der Waals surface area contributed by atoms with Crippen LogP contribution in [0.4, 0.5) is 8.78 Å². The SMILES string of the molecule is NC(=O)c1cccc2c(F)n(-c3ccc([C@H]4CNC[C@@H](F)C4)cc3)nc12. The average molecular weight is 356 g/mol. The number of carbonyl (C=O) groups is 1. The second-order valence-corrected chi connectivity index (χ2v) is 6.55. The molecule has 2 heterocycles. The van der Waals surface area contributed by atoms with Gasteiger partial charge >= 0.3 is 0 Å². The molecule has 2 atom stereocenters. The number of nitrogens with zero attached hydrogens (tertiary/aromatic N) is 2. The lowest BCUT2D eigenvalue weighted by atomic mass is 9.91. The van der Waals surface area contributed by atoms with Gasteiger partial charge in [-0.15, -0.1) is 0 Å². The summed E-state index contributed by atoms with van der Waals surface area (Å²) in [6, 6.07) is 11.9. The first kappa shape index (κ1) is 16.7. The van der Waals surface area contributed by atoms with Gasteiger partial charge in [-0.25, -0.2) is 9.07 Å². The summed E-state index contributed by atoms with van der Waals surface area (Å²) in [5, 5.41) is 7.54. The van der Waals surface area contributed by atoms with Crippen molar-refractivity contribution < 1.29 is 13.6 Å². The van der Waals surface area contributed by atoms with Gasteiger partial charge in [0.05, 0.1) is 16.6 Å². The number of primary amides is 1. The predicted molar refractivity (Wildman–Crippen MR) is 94.7 cm³/mol. The molecule has 0 bridgehead atoms. The number of halogens is 2. The molecule has 1 saturated heterocycles. The van der Waals surface area contributed by atoms with Gasteiger partial charge in [-0.2, -0.15) is 9.49 Å². The number of hydrogen-bond acceptors (Lipinski definition) is 3. The molecule has 0 saturated carbocycles. The number of aromatic nitrogens is 2. The highest BCUT2D eigenvalue weighted by Gasteiger charge is 2.23. The molecular weight excluding hydrogens is 338 g/mol. The summed E-state index contributed by atoms with van der Waals surface area (Å²) in [6.07, 6.45) is -0.372. The molecule has 1 fully saturated rings. The number of carbonyl (C=O) groups excluding carboxylic acids is 1.